The molecule has 0 fully saturated rings. The van der Waals surface area contributed by atoms with Gasteiger partial charge in [-0.3, -0.25) is 4.57 Å². The molecule has 29 heavy (non-hydrogen) atoms. The summed E-state index contributed by atoms with van der Waals surface area (Å²) in [5, 5.41) is 3.05. The minimum Gasteiger partial charge on any atom is -0.353 e. The Morgan fingerprint density at radius 2 is 1.76 bits per heavy atom. The van der Waals surface area contributed by atoms with E-state index in [4.69, 9.17) is 0 Å². The summed E-state index contributed by atoms with van der Waals surface area (Å²) in [6.45, 7) is 2.46. The lowest BCUT2D eigenvalue weighted by atomic mass is 10.2. The number of rotatable bonds is 7. The van der Waals surface area contributed by atoms with Crippen LogP contribution in [-0.2, 0) is 10.0 Å². The van der Waals surface area contributed by atoms with Crippen molar-refractivity contribution in [3.63, 3.8) is 0 Å². The summed E-state index contributed by atoms with van der Waals surface area (Å²) in [4.78, 5) is 13.3. The van der Waals surface area contributed by atoms with Crippen LogP contribution in [0.2, 0.25) is 0 Å². The minimum absolute atomic E-state index is 0.206. The summed E-state index contributed by atoms with van der Waals surface area (Å²) in [7, 11) is -3.54. The number of nitrogens with zero attached hydrogens (tertiary/aromatic N) is 4. The van der Waals surface area contributed by atoms with Gasteiger partial charge >= 0.3 is 0 Å². The van der Waals surface area contributed by atoms with Gasteiger partial charge in [0.1, 0.15) is 12.1 Å². The van der Waals surface area contributed by atoms with E-state index < -0.39 is 10.0 Å². The molecule has 2 aromatic heterocycles. The average molecular weight is 408 g/mol. The lowest BCUT2D eigenvalue weighted by Crippen LogP contribution is -2.29. The first-order chi connectivity index (χ1) is 14.0. The van der Waals surface area contributed by atoms with Gasteiger partial charge < -0.3 is 5.32 Å². The topological polar surface area (TPSA) is 102 Å². The third-order valence-electron chi connectivity index (χ3n) is 4.37. The van der Waals surface area contributed by atoms with Crippen LogP contribution in [0.4, 0.5) is 5.95 Å². The van der Waals surface area contributed by atoms with Crippen molar-refractivity contribution in [1.82, 2.24) is 24.2 Å². The van der Waals surface area contributed by atoms with E-state index >= 15 is 0 Å². The molecule has 0 saturated heterocycles. The molecule has 0 aliphatic carbocycles. The Labute approximate surface area is 168 Å². The Hall–Kier alpha value is -3.30. The normalized spacial score (nSPS) is 11.6. The Morgan fingerprint density at radius 3 is 2.59 bits per heavy atom. The van der Waals surface area contributed by atoms with Crippen molar-refractivity contribution in [2.24, 2.45) is 0 Å². The van der Waals surface area contributed by atoms with Gasteiger partial charge in [-0.2, -0.15) is 4.98 Å². The zero-order valence-corrected chi connectivity index (χ0v) is 16.6. The number of hydrogen-bond acceptors (Lipinski definition) is 6. The molecule has 0 unspecified atom stereocenters. The molecule has 0 radical (unpaired) electrons. The van der Waals surface area contributed by atoms with E-state index in [1.165, 1.54) is 0 Å². The maximum atomic E-state index is 12.3. The van der Waals surface area contributed by atoms with Gasteiger partial charge in [0.25, 0.3) is 0 Å². The number of para-hydroxylation sites is 2. The first-order valence-electron chi connectivity index (χ1n) is 9.09. The van der Waals surface area contributed by atoms with E-state index in [1.807, 2.05) is 35.8 Å². The molecule has 9 heteroatoms. The number of benzene rings is 2. The molecule has 0 bridgehead atoms. The smallest absolute Gasteiger partial charge is 0.240 e. The summed E-state index contributed by atoms with van der Waals surface area (Å²) in [5.41, 5.74) is 2.84. The number of aryl methyl sites for hydroxylation is 1. The monoisotopic (exact) mass is 408 g/mol. The predicted molar refractivity (Wildman–Crippen MR) is 112 cm³/mol. The molecule has 8 nitrogen and oxygen atoms in total. The van der Waals surface area contributed by atoms with Crippen molar-refractivity contribution in [2.75, 3.05) is 18.4 Å². The van der Waals surface area contributed by atoms with Crippen molar-refractivity contribution >= 4 is 27.0 Å². The number of hydrogen-bond donors (Lipinski definition) is 2. The highest BCUT2D eigenvalue weighted by molar-refractivity contribution is 7.89. The summed E-state index contributed by atoms with van der Waals surface area (Å²) < 4.78 is 29.1. The van der Waals surface area contributed by atoms with E-state index in [-0.39, 0.29) is 11.4 Å². The molecule has 148 valence electrons. The second kappa shape index (κ2) is 7.98. The van der Waals surface area contributed by atoms with Crippen molar-refractivity contribution < 1.29 is 8.42 Å². The molecule has 0 atom stereocenters. The van der Waals surface area contributed by atoms with Gasteiger partial charge in [-0.1, -0.05) is 29.8 Å². The quantitative estimate of drug-likeness (QED) is 0.456. The van der Waals surface area contributed by atoms with Crippen LogP contribution < -0.4 is 10.0 Å². The number of imidazole rings is 1. The molecular formula is C20H20N6O2S. The maximum absolute atomic E-state index is 12.3. The van der Waals surface area contributed by atoms with Gasteiger partial charge in [0.2, 0.25) is 16.0 Å². The molecule has 4 rings (SSSR count). The minimum atomic E-state index is -3.54. The third kappa shape index (κ3) is 4.25. The van der Waals surface area contributed by atoms with Crippen LogP contribution >= 0.6 is 0 Å². The lowest BCUT2D eigenvalue weighted by Gasteiger charge is -2.09. The van der Waals surface area contributed by atoms with Gasteiger partial charge in [0, 0.05) is 19.3 Å². The lowest BCUT2D eigenvalue weighted by molar-refractivity contribution is 0.583. The fourth-order valence-electron chi connectivity index (χ4n) is 2.87. The van der Waals surface area contributed by atoms with Gasteiger partial charge in [-0.05, 0) is 37.3 Å². The second-order valence-electron chi connectivity index (χ2n) is 6.48. The number of sulfonamides is 1. The van der Waals surface area contributed by atoms with Gasteiger partial charge in [0.05, 0.1) is 15.9 Å². The highest BCUT2D eigenvalue weighted by atomic mass is 32.2. The molecule has 0 spiro atoms. The predicted octanol–water partition coefficient (Wildman–Crippen LogP) is 2.51. The standard InChI is InChI=1S/C20H20N6O2S/c1-15-6-8-16(9-7-15)29(27,28)24-13-12-22-20-21-11-10-19(25-20)26-14-23-17-4-2-3-5-18(17)26/h2-11,14,24H,12-13H2,1H3,(H,21,22,25). The summed E-state index contributed by atoms with van der Waals surface area (Å²) in [6, 6.07) is 16.3. The first-order valence-corrected chi connectivity index (χ1v) is 10.6. The van der Waals surface area contributed by atoms with Crippen LogP contribution in [0.5, 0.6) is 0 Å². The largest absolute Gasteiger partial charge is 0.353 e. The fraction of sp³-hybridized carbons (Fsp3) is 0.150. The van der Waals surface area contributed by atoms with E-state index in [1.54, 1.807) is 42.9 Å². The SMILES string of the molecule is Cc1ccc(S(=O)(=O)NCCNc2nccc(-n3cnc4ccccc43)n2)cc1. The summed E-state index contributed by atoms with van der Waals surface area (Å²) in [5.74, 6) is 1.09. The van der Waals surface area contributed by atoms with Crippen molar-refractivity contribution in [3.05, 3.63) is 72.7 Å². The number of nitrogens with one attached hydrogen (secondary N) is 2. The van der Waals surface area contributed by atoms with Crippen LogP contribution in [0, 0.1) is 6.92 Å². The van der Waals surface area contributed by atoms with Crippen molar-refractivity contribution in [2.45, 2.75) is 11.8 Å². The third-order valence-corrected chi connectivity index (χ3v) is 5.85. The second-order valence-corrected chi connectivity index (χ2v) is 8.25. The number of fused-ring (bicyclic) bond motifs is 1. The van der Waals surface area contributed by atoms with E-state index in [0.717, 1.165) is 16.6 Å². The molecule has 0 amide bonds. The molecule has 0 aliphatic rings. The molecule has 0 saturated carbocycles. The Kier molecular flexibility index (Phi) is 5.24. The van der Waals surface area contributed by atoms with Gasteiger partial charge in [-0.15, -0.1) is 0 Å². The van der Waals surface area contributed by atoms with Crippen molar-refractivity contribution in [3.8, 4) is 5.82 Å². The Bertz CT molecular complexity index is 1240. The number of aromatic nitrogens is 4. The van der Waals surface area contributed by atoms with Crippen LogP contribution in [0.25, 0.3) is 16.9 Å². The van der Waals surface area contributed by atoms with E-state index in [0.29, 0.717) is 18.3 Å². The van der Waals surface area contributed by atoms with E-state index in [9.17, 15) is 8.42 Å². The van der Waals surface area contributed by atoms with Crippen LogP contribution in [0.15, 0.2) is 72.0 Å². The molecule has 2 aromatic carbocycles. The van der Waals surface area contributed by atoms with Gasteiger partial charge in [0.15, 0.2) is 0 Å². The zero-order chi connectivity index (χ0) is 20.3. The Balaban J connectivity index is 1.40. The molecule has 0 aliphatic heterocycles. The van der Waals surface area contributed by atoms with Crippen LogP contribution in [0.1, 0.15) is 5.56 Å². The van der Waals surface area contributed by atoms with Crippen LogP contribution in [-0.4, -0.2) is 41.0 Å². The maximum Gasteiger partial charge on any atom is 0.240 e. The van der Waals surface area contributed by atoms with Crippen molar-refractivity contribution in [1.29, 1.82) is 0 Å². The summed E-state index contributed by atoms with van der Waals surface area (Å²) in [6.07, 6.45) is 3.36. The molecular weight excluding hydrogens is 388 g/mol. The highest BCUT2D eigenvalue weighted by Gasteiger charge is 2.12. The molecule has 2 heterocycles. The van der Waals surface area contributed by atoms with Gasteiger partial charge in [-0.25, -0.2) is 23.1 Å². The van der Waals surface area contributed by atoms with E-state index in [2.05, 4.69) is 25.0 Å². The Morgan fingerprint density at radius 1 is 0.966 bits per heavy atom. The average Bonchev–Trinajstić information content (AvgIpc) is 3.16. The zero-order valence-electron chi connectivity index (χ0n) is 15.8. The number of anilines is 1. The van der Waals surface area contributed by atoms with Crippen LogP contribution in [0.3, 0.4) is 0 Å². The molecule has 4 aromatic rings. The highest BCUT2D eigenvalue weighted by Crippen LogP contribution is 2.16. The first kappa shape index (κ1) is 19.0. The molecule has 2 N–H and O–H groups in total. The fourth-order valence-corrected chi connectivity index (χ4v) is 3.90. The summed E-state index contributed by atoms with van der Waals surface area (Å²) >= 11 is 0.